The van der Waals surface area contributed by atoms with Crippen LogP contribution in [0.2, 0.25) is 0 Å². The van der Waals surface area contributed by atoms with Crippen LogP contribution < -0.4 is 0 Å². The Morgan fingerprint density at radius 1 is 0.968 bits per heavy atom. The first kappa shape index (κ1) is 23.6. The highest BCUT2D eigenvalue weighted by Gasteiger charge is 2.60. The lowest BCUT2D eigenvalue weighted by Crippen LogP contribution is -2.54. The van der Waals surface area contributed by atoms with Gasteiger partial charge in [0.15, 0.2) is 0 Å². The van der Waals surface area contributed by atoms with Crippen molar-refractivity contribution < 1.29 is 14.6 Å². The molecule has 0 radical (unpaired) electrons. The van der Waals surface area contributed by atoms with Gasteiger partial charge in [0.25, 0.3) is 0 Å². The van der Waals surface area contributed by atoms with Crippen LogP contribution in [0.15, 0.2) is 0 Å². The van der Waals surface area contributed by atoms with E-state index in [1.165, 1.54) is 58.5 Å². The van der Waals surface area contributed by atoms with Gasteiger partial charge in [0.1, 0.15) is 0 Å². The zero-order valence-electron chi connectivity index (χ0n) is 20.9. The number of esters is 1. The van der Waals surface area contributed by atoms with Gasteiger partial charge in [-0.05, 0) is 111 Å². The molecule has 4 saturated carbocycles. The maximum atomic E-state index is 11.7. The molecule has 0 spiro atoms. The maximum Gasteiger partial charge on any atom is 0.308 e. The second-order valence-electron chi connectivity index (χ2n) is 12.6. The molecule has 4 rings (SSSR count). The molecule has 0 amide bonds. The van der Waals surface area contributed by atoms with E-state index in [1.54, 1.807) is 0 Å². The Kier molecular flexibility index (Phi) is 6.84. The summed E-state index contributed by atoms with van der Waals surface area (Å²) in [6, 6.07) is 0. The van der Waals surface area contributed by atoms with Crippen LogP contribution in [-0.4, -0.2) is 24.3 Å². The number of fused-ring (bicyclic) bond motifs is 5. The van der Waals surface area contributed by atoms with Gasteiger partial charge in [-0.2, -0.15) is 0 Å². The smallest absolute Gasteiger partial charge is 0.308 e. The van der Waals surface area contributed by atoms with Crippen molar-refractivity contribution in [1.29, 1.82) is 0 Å². The molecule has 3 nitrogen and oxygen atoms in total. The number of methoxy groups -OCH3 is 1. The third-order valence-corrected chi connectivity index (χ3v) is 11.3. The minimum atomic E-state index is -0.0572. The number of rotatable bonds is 6. The molecule has 1 unspecified atom stereocenters. The summed E-state index contributed by atoms with van der Waals surface area (Å²) in [5.41, 5.74) is 1.00. The van der Waals surface area contributed by atoms with E-state index in [-0.39, 0.29) is 18.0 Å². The van der Waals surface area contributed by atoms with Crippen LogP contribution in [-0.2, 0) is 9.53 Å². The minimum absolute atomic E-state index is 0.0319. The third-order valence-electron chi connectivity index (χ3n) is 11.3. The van der Waals surface area contributed by atoms with E-state index in [1.807, 2.05) is 6.92 Å². The van der Waals surface area contributed by atoms with Crippen LogP contribution in [0.1, 0.15) is 105 Å². The standard InChI is InChI=1S/C28H48O3/c1-18(7-6-8-19(2)26(30)31-5)23-11-12-24-22-10-9-20-17-21(29)13-15-27(20,3)25(22)14-16-28(23,24)4/h18-25,29H,6-17H2,1-5H3/t18-,19?,20-,21-,22+,23-,24+,25+,27+,28-/m1/s1. The Balaban J connectivity index is 1.39. The van der Waals surface area contributed by atoms with Crippen molar-refractivity contribution in [1.82, 2.24) is 0 Å². The van der Waals surface area contributed by atoms with Crippen molar-refractivity contribution in [3.63, 3.8) is 0 Å². The van der Waals surface area contributed by atoms with E-state index < -0.39 is 0 Å². The van der Waals surface area contributed by atoms with Crippen LogP contribution in [0.5, 0.6) is 0 Å². The molecule has 0 aromatic heterocycles. The summed E-state index contributed by atoms with van der Waals surface area (Å²) < 4.78 is 4.91. The molecular weight excluding hydrogens is 384 g/mol. The van der Waals surface area contributed by atoms with E-state index >= 15 is 0 Å². The monoisotopic (exact) mass is 432 g/mol. The first-order chi connectivity index (χ1) is 14.7. The Bertz CT molecular complexity index is 646. The van der Waals surface area contributed by atoms with Crippen LogP contribution >= 0.6 is 0 Å². The number of aliphatic hydroxyl groups excluding tert-OH is 1. The van der Waals surface area contributed by atoms with Gasteiger partial charge >= 0.3 is 5.97 Å². The van der Waals surface area contributed by atoms with E-state index in [0.717, 1.165) is 61.2 Å². The largest absolute Gasteiger partial charge is 0.469 e. The third kappa shape index (κ3) is 4.11. The molecule has 1 N–H and O–H groups in total. The number of carbonyl (C=O) groups excluding carboxylic acids is 1. The lowest BCUT2D eigenvalue weighted by molar-refractivity contribution is -0.145. The van der Waals surface area contributed by atoms with Crippen molar-refractivity contribution in [2.24, 2.45) is 52.3 Å². The quantitative estimate of drug-likeness (QED) is 0.480. The van der Waals surface area contributed by atoms with Crippen molar-refractivity contribution in [2.75, 3.05) is 7.11 Å². The molecule has 0 aliphatic heterocycles. The lowest BCUT2D eigenvalue weighted by Gasteiger charge is -2.61. The van der Waals surface area contributed by atoms with Gasteiger partial charge in [-0.3, -0.25) is 4.79 Å². The summed E-state index contributed by atoms with van der Waals surface area (Å²) in [4.78, 5) is 11.7. The fourth-order valence-corrected chi connectivity index (χ4v) is 9.48. The zero-order chi connectivity index (χ0) is 22.4. The molecule has 0 heterocycles. The highest BCUT2D eigenvalue weighted by Crippen LogP contribution is 2.68. The SMILES string of the molecule is COC(=O)C(C)CCC[C@@H](C)[C@H]1CC[C@H]2[C@@H]3CC[C@@H]4C[C@H](O)CC[C@]4(C)[C@H]3CC[C@]12C. The summed E-state index contributed by atoms with van der Waals surface area (Å²) in [7, 11) is 1.50. The Morgan fingerprint density at radius 3 is 2.42 bits per heavy atom. The van der Waals surface area contributed by atoms with Gasteiger partial charge in [0, 0.05) is 0 Å². The molecule has 4 aliphatic rings. The maximum absolute atomic E-state index is 11.7. The van der Waals surface area contributed by atoms with E-state index in [9.17, 15) is 9.90 Å². The molecular formula is C28H48O3. The first-order valence-corrected chi connectivity index (χ1v) is 13.5. The highest BCUT2D eigenvalue weighted by atomic mass is 16.5. The fourth-order valence-electron chi connectivity index (χ4n) is 9.48. The van der Waals surface area contributed by atoms with E-state index in [4.69, 9.17) is 4.74 Å². The average molecular weight is 433 g/mol. The van der Waals surface area contributed by atoms with Gasteiger partial charge in [-0.25, -0.2) is 0 Å². The fraction of sp³-hybridized carbons (Fsp3) is 0.964. The number of hydrogen-bond donors (Lipinski definition) is 1. The van der Waals surface area contributed by atoms with Gasteiger partial charge < -0.3 is 9.84 Å². The zero-order valence-corrected chi connectivity index (χ0v) is 20.9. The molecule has 3 heteroatoms. The Labute approximate surface area is 191 Å². The number of carbonyl (C=O) groups is 1. The summed E-state index contributed by atoms with van der Waals surface area (Å²) in [6.07, 6.45) is 15.1. The summed E-state index contributed by atoms with van der Waals surface area (Å²) in [5.74, 6) is 5.08. The predicted molar refractivity (Wildman–Crippen MR) is 125 cm³/mol. The molecule has 0 aromatic carbocycles. The number of ether oxygens (including phenoxy) is 1. The van der Waals surface area contributed by atoms with Crippen molar-refractivity contribution in [3.05, 3.63) is 0 Å². The van der Waals surface area contributed by atoms with Crippen molar-refractivity contribution >= 4 is 5.97 Å². The number of aliphatic hydroxyl groups is 1. The summed E-state index contributed by atoms with van der Waals surface area (Å²) in [6.45, 7) is 9.75. The molecule has 0 saturated heterocycles. The molecule has 31 heavy (non-hydrogen) atoms. The summed E-state index contributed by atoms with van der Waals surface area (Å²) in [5, 5.41) is 10.3. The first-order valence-electron chi connectivity index (χ1n) is 13.5. The number of hydrogen-bond acceptors (Lipinski definition) is 3. The normalized spacial score (nSPS) is 46.4. The van der Waals surface area contributed by atoms with Crippen LogP contribution in [0.3, 0.4) is 0 Å². The Morgan fingerprint density at radius 2 is 1.68 bits per heavy atom. The van der Waals surface area contributed by atoms with Crippen LogP contribution in [0.25, 0.3) is 0 Å². The predicted octanol–water partition coefficient (Wildman–Crippen LogP) is 6.62. The average Bonchev–Trinajstić information content (AvgIpc) is 3.10. The minimum Gasteiger partial charge on any atom is -0.469 e. The Hall–Kier alpha value is -0.570. The topological polar surface area (TPSA) is 46.5 Å². The highest BCUT2D eigenvalue weighted by molar-refractivity contribution is 5.71. The molecule has 178 valence electrons. The molecule has 0 bridgehead atoms. The molecule has 0 aromatic rings. The van der Waals surface area contributed by atoms with Gasteiger partial charge in [0.05, 0.1) is 19.1 Å². The summed E-state index contributed by atoms with van der Waals surface area (Å²) >= 11 is 0. The second kappa shape index (κ2) is 8.99. The van der Waals surface area contributed by atoms with Crippen molar-refractivity contribution in [3.8, 4) is 0 Å². The van der Waals surface area contributed by atoms with Crippen LogP contribution in [0.4, 0.5) is 0 Å². The van der Waals surface area contributed by atoms with Gasteiger partial charge in [0.2, 0.25) is 0 Å². The second-order valence-corrected chi connectivity index (χ2v) is 12.6. The van der Waals surface area contributed by atoms with E-state index in [2.05, 4.69) is 20.8 Å². The van der Waals surface area contributed by atoms with Gasteiger partial charge in [-0.1, -0.05) is 40.5 Å². The van der Waals surface area contributed by atoms with Gasteiger partial charge in [-0.15, -0.1) is 0 Å². The lowest BCUT2D eigenvalue weighted by atomic mass is 9.44. The molecule has 4 aliphatic carbocycles. The molecule has 10 atom stereocenters. The van der Waals surface area contributed by atoms with E-state index in [0.29, 0.717) is 10.8 Å². The van der Waals surface area contributed by atoms with Crippen molar-refractivity contribution in [2.45, 2.75) is 111 Å². The molecule has 4 fully saturated rings. The van der Waals surface area contributed by atoms with Crippen LogP contribution in [0, 0.1) is 52.3 Å².